The van der Waals surface area contributed by atoms with E-state index >= 15 is 0 Å². The lowest BCUT2D eigenvalue weighted by molar-refractivity contribution is 0.0998. The number of benzene rings is 2. The Morgan fingerprint density at radius 2 is 1.97 bits per heavy atom. The zero-order valence-electron chi connectivity index (χ0n) is 16.7. The van der Waals surface area contributed by atoms with Gasteiger partial charge in [-0.15, -0.1) is 0 Å². The number of aliphatic imine (C=N–C) groups is 1. The summed E-state index contributed by atoms with van der Waals surface area (Å²) in [6.07, 6.45) is 4.64. The third kappa shape index (κ3) is 4.71. The summed E-state index contributed by atoms with van der Waals surface area (Å²) in [5, 5.41) is 0.582. The molecule has 0 spiro atoms. The SMILES string of the molecule is CCN1C(=NC(=O)c2ccc(Cl)cc2)OC[C@@H]1Cc1cn(Cc2ccccc2)cn1. The summed E-state index contributed by atoms with van der Waals surface area (Å²) in [6.45, 7) is 3.99. The van der Waals surface area contributed by atoms with Crippen molar-refractivity contribution in [1.82, 2.24) is 14.5 Å². The second-order valence-electron chi connectivity index (χ2n) is 7.18. The molecule has 1 aliphatic heterocycles. The van der Waals surface area contributed by atoms with E-state index < -0.39 is 0 Å². The van der Waals surface area contributed by atoms with Crippen molar-refractivity contribution < 1.29 is 9.53 Å². The van der Waals surface area contributed by atoms with Gasteiger partial charge in [-0.1, -0.05) is 41.9 Å². The van der Waals surface area contributed by atoms with Gasteiger partial charge in [-0.3, -0.25) is 4.79 Å². The summed E-state index contributed by atoms with van der Waals surface area (Å²) in [6, 6.07) is 17.4. The number of amidine groups is 1. The predicted octanol–water partition coefficient (Wildman–Crippen LogP) is 4.04. The molecule has 0 unspecified atom stereocenters. The van der Waals surface area contributed by atoms with Crippen molar-refractivity contribution in [1.29, 1.82) is 0 Å². The number of imidazole rings is 1. The summed E-state index contributed by atoms with van der Waals surface area (Å²) < 4.78 is 7.83. The molecule has 6 nitrogen and oxygen atoms in total. The fraction of sp³-hybridized carbons (Fsp3) is 0.261. The van der Waals surface area contributed by atoms with Crippen molar-refractivity contribution in [2.24, 2.45) is 4.99 Å². The van der Waals surface area contributed by atoms with Crippen molar-refractivity contribution in [2.45, 2.75) is 25.9 Å². The van der Waals surface area contributed by atoms with Crippen LogP contribution in [-0.4, -0.2) is 45.6 Å². The summed E-state index contributed by atoms with van der Waals surface area (Å²) in [7, 11) is 0. The molecule has 1 fully saturated rings. The molecule has 1 saturated heterocycles. The monoisotopic (exact) mass is 422 g/mol. The van der Waals surface area contributed by atoms with E-state index in [2.05, 4.69) is 32.9 Å². The third-order valence-corrected chi connectivity index (χ3v) is 5.31. The van der Waals surface area contributed by atoms with E-state index in [0.717, 1.165) is 18.7 Å². The number of aromatic nitrogens is 2. The molecule has 1 atom stereocenters. The van der Waals surface area contributed by atoms with Crippen molar-refractivity contribution >= 4 is 23.5 Å². The van der Waals surface area contributed by atoms with Crippen LogP contribution in [0.2, 0.25) is 5.02 Å². The Bertz CT molecular complexity index is 1030. The number of rotatable bonds is 6. The van der Waals surface area contributed by atoms with E-state index in [0.29, 0.717) is 29.8 Å². The maximum absolute atomic E-state index is 12.5. The Morgan fingerprint density at radius 3 is 2.70 bits per heavy atom. The minimum absolute atomic E-state index is 0.0897. The van der Waals surface area contributed by atoms with Crippen LogP contribution >= 0.6 is 11.6 Å². The first-order valence-electron chi connectivity index (χ1n) is 9.95. The molecule has 7 heteroatoms. The number of likely N-dealkylation sites (N-methyl/N-ethyl adjacent to an activating group) is 1. The first-order valence-corrected chi connectivity index (χ1v) is 10.3. The molecule has 0 bridgehead atoms. The van der Waals surface area contributed by atoms with E-state index in [1.54, 1.807) is 24.3 Å². The molecule has 2 heterocycles. The summed E-state index contributed by atoms with van der Waals surface area (Å²) in [4.78, 5) is 23.2. The number of nitrogens with zero attached hydrogens (tertiary/aromatic N) is 4. The highest BCUT2D eigenvalue weighted by molar-refractivity contribution is 6.30. The number of carbonyl (C=O) groups excluding carboxylic acids is 1. The maximum Gasteiger partial charge on any atom is 0.295 e. The number of hydrogen-bond acceptors (Lipinski definition) is 3. The van der Waals surface area contributed by atoms with Gasteiger partial charge in [0.2, 0.25) is 0 Å². The quantitative estimate of drug-likeness (QED) is 0.601. The van der Waals surface area contributed by atoms with Crippen LogP contribution in [0.25, 0.3) is 0 Å². The Labute approximate surface area is 180 Å². The van der Waals surface area contributed by atoms with Crippen molar-refractivity contribution in [2.75, 3.05) is 13.2 Å². The lowest BCUT2D eigenvalue weighted by atomic mass is 10.1. The first kappa shape index (κ1) is 20.2. The molecule has 154 valence electrons. The average molecular weight is 423 g/mol. The zero-order valence-corrected chi connectivity index (χ0v) is 17.5. The van der Waals surface area contributed by atoms with Crippen LogP contribution in [0.4, 0.5) is 0 Å². The zero-order chi connectivity index (χ0) is 20.9. The Morgan fingerprint density at radius 1 is 1.20 bits per heavy atom. The number of hydrogen-bond donors (Lipinski definition) is 0. The normalized spacial score (nSPS) is 17.3. The van der Waals surface area contributed by atoms with Crippen LogP contribution in [0, 0.1) is 0 Å². The fourth-order valence-electron chi connectivity index (χ4n) is 3.54. The molecular weight excluding hydrogens is 400 g/mol. The Kier molecular flexibility index (Phi) is 6.14. The average Bonchev–Trinajstić information content (AvgIpc) is 3.35. The minimum atomic E-state index is -0.340. The molecule has 0 saturated carbocycles. The van der Waals surface area contributed by atoms with Crippen molar-refractivity contribution in [3.8, 4) is 0 Å². The number of carbonyl (C=O) groups is 1. The van der Waals surface area contributed by atoms with Crippen molar-refractivity contribution in [3.63, 3.8) is 0 Å². The molecule has 0 aliphatic carbocycles. The fourth-order valence-corrected chi connectivity index (χ4v) is 3.66. The highest BCUT2D eigenvalue weighted by Crippen LogP contribution is 2.18. The van der Waals surface area contributed by atoms with Gasteiger partial charge in [0.05, 0.1) is 18.1 Å². The smallest absolute Gasteiger partial charge is 0.295 e. The molecule has 0 N–H and O–H groups in total. The van der Waals surface area contributed by atoms with Crippen LogP contribution in [0.1, 0.15) is 28.5 Å². The van der Waals surface area contributed by atoms with E-state index in [1.807, 2.05) is 36.4 Å². The highest BCUT2D eigenvalue weighted by Gasteiger charge is 2.31. The van der Waals surface area contributed by atoms with Crippen LogP contribution in [0.3, 0.4) is 0 Å². The van der Waals surface area contributed by atoms with E-state index in [1.165, 1.54) is 5.56 Å². The molecule has 1 amide bonds. The Balaban J connectivity index is 1.42. The van der Waals surface area contributed by atoms with E-state index in [9.17, 15) is 4.79 Å². The second-order valence-corrected chi connectivity index (χ2v) is 7.62. The lowest BCUT2D eigenvalue weighted by Gasteiger charge is -2.20. The molecule has 1 aromatic heterocycles. The van der Waals surface area contributed by atoms with Gasteiger partial charge in [0.25, 0.3) is 11.9 Å². The van der Waals surface area contributed by atoms with Gasteiger partial charge in [0, 0.05) is 36.3 Å². The molecule has 0 radical (unpaired) electrons. The van der Waals surface area contributed by atoms with E-state index in [-0.39, 0.29) is 11.9 Å². The minimum Gasteiger partial charge on any atom is -0.463 e. The highest BCUT2D eigenvalue weighted by atomic mass is 35.5. The molecule has 3 aromatic rings. The van der Waals surface area contributed by atoms with Gasteiger partial charge in [0.1, 0.15) is 6.61 Å². The molecule has 2 aromatic carbocycles. The lowest BCUT2D eigenvalue weighted by Crippen LogP contribution is -2.36. The van der Waals surface area contributed by atoms with Crippen molar-refractivity contribution in [3.05, 3.63) is 89.0 Å². The van der Waals surface area contributed by atoms with Crippen LogP contribution in [0.15, 0.2) is 72.1 Å². The summed E-state index contributed by atoms with van der Waals surface area (Å²) in [5.41, 5.74) is 2.70. The third-order valence-electron chi connectivity index (χ3n) is 5.06. The van der Waals surface area contributed by atoms with Crippen LogP contribution < -0.4 is 0 Å². The largest absolute Gasteiger partial charge is 0.463 e. The maximum atomic E-state index is 12.5. The number of amides is 1. The van der Waals surface area contributed by atoms with Gasteiger partial charge >= 0.3 is 0 Å². The number of ether oxygens (including phenoxy) is 1. The van der Waals surface area contributed by atoms with Gasteiger partial charge in [0.15, 0.2) is 0 Å². The van der Waals surface area contributed by atoms with E-state index in [4.69, 9.17) is 16.3 Å². The molecule has 4 rings (SSSR count). The standard InChI is InChI=1S/C23H23ClN4O2/c1-2-28-21(12-20-14-27(16-25-20)13-17-6-4-3-5-7-17)15-30-23(28)26-22(29)18-8-10-19(24)11-9-18/h3-11,14,16,21H,2,12-13,15H2,1H3/t21-/m0/s1. The van der Waals surface area contributed by atoms with Crippen LogP contribution in [-0.2, 0) is 17.7 Å². The van der Waals surface area contributed by atoms with Gasteiger partial charge in [-0.2, -0.15) is 4.99 Å². The van der Waals surface area contributed by atoms with Gasteiger partial charge < -0.3 is 14.2 Å². The Hall–Kier alpha value is -3.12. The second kappa shape index (κ2) is 9.13. The molecule has 30 heavy (non-hydrogen) atoms. The topological polar surface area (TPSA) is 59.7 Å². The molecular formula is C23H23ClN4O2. The first-order chi connectivity index (χ1) is 14.6. The van der Waals surface area contributed by atoms with Gasteiger partial charge in [-0.05, 0) is 36.8 Å². The van der Waals surface area contributed by atoms with Gasteiger partial charge in [-0.25, -0.2) is 4.98 Å². The molecule has 1 aliphatic rings. The summed E-state index contributed by atoms with van der Waals surface area (Å²) >= 11 is 5.89. The summed E-state index contributed by atoms with van der Waals surface area (Å²) in [5.74, 6) is -0.340. The number of halogens is 1. The van der Waals surface area contributed by atoms with Crippen LogP contribution in [0.5, 0.6) is 0 Å². The predicted molar refractivity (Wildman–Crippen MR) is 117 cm³/mol.